The average Bonchev–Trinajstić information content (AvgIpc) is 2.81. The van der Waals surface area contributed by atoms with Gasteiger partial charge in [0.15, 0.2) is 0 Å². The molecule has 0 aliphatic heterocycles. The van der Waals surface area contributed by atoms with Crippen LogP contribution in [0.5, 0.6) is 0 Å². The maximum absolute atomic E-state index is 13.5. The molecule has 0 bridgehead atoms. The number of nitrogens with zero attached hydrogens (tertiary/aromatic N) is 2. The van der Waals surface area contributed by atoms with Gasteiger partial charge in [0, 0.05) is 31.1 Å². The fourth-order valence-electron chi connectivity index (χ4n) is 4.01. The smallest absolute Gasteiger partial charge is 0.242 e. The Hall–Kier alpha value is -2.29. The zero-order chi connectivity index (χ0) is 27.8. The van der Waals surface area contributed by atoms with Crippen molar-refractivity contribution in [2.24, 2.45) is 5.92 Å². The molecule has 2 aromatic rings. The van der Waals surface area contributed by atoms with Crippen molar-refractivity contribution >= 4 is 50.7 Å². The highest BCUT2D eigenvalue weighted by atomic mass is 35.5. The fraction of sp³-hybridized carbons (Fsp3) is 0.481. The van der Waals surface area contributed by atoms with Gasteiger partial charge < -0.3 is 10.2 Å². The summed E-state index contributed by atoms with van der Waals surface area (Å²) < 4.78 is 26.2. The third-order valence-corrected chi connectivity index (χ3v) is 7.57. The second-order valence-corrected chi connectivity index (χ2v) is 12.4. The number of nitrogens with one attached hydrogen (secondary N) is 1. The second kappa shape index (κ2) is 14.0. The molecule has 7 nitrogen and oxygen atoms in total. The van der Waals surface area contributed by atoms with E-state index in [0.717, 1.165) is 21.7 Å². The Morgan fingerprint density at radius 2 is 1.78 bits per heavy atom. The largest absolute Gasteiger partial charge is 0.354 e. The van der Waals surface area contributed by atoms with Crippen molar-refractivity contribution in [2.75, 3.05) is 23.7 Å². The third kappa shape index (κ3) is 9.51. The van der Waals surface area contributed by atoms with Crippen LogP contribution in [0.25, 0.3) is 0 Å². The van der Waals surface area contributed by atoms with Gasteiger partial charge in [-0.1, -0.05) is 73.8 Å². The first-order chi connectivity index (χ1) is 17.3. The number of carbonyl (C=O) groups is 2. The summed E-state index contributed by atoms with van der Waals surface area (Å²) in [6, 6.07) is 11.8. The summed E-state index contributed by atoms with van der Waals surface area (Å²) in [7, 11) is -3.68. The van der Waals surface area contributed by atoms with Crippen molar-refractivity contribution in [3.8, 4) is 0 Å². The molecule has 1 atom stereocenters. The van der Waals surface area contributed by atoms with E-state index in [1.54, 1.807) is 11.0 Å². The first-order valence-corrected chi connectivity index (χ1v) is 15.0. The number of benzene rings is 2. The van der Waals surface area contributed by atoms with Gasteiger partial charge in [0.05, 0.1) is 17.0 Å². The Kier molecular flexibility index (Phi) is 11.7. The quantitative estimate of drug-likeness (QED) is 0.348. The predicted octanol–water partition coefficient (Wildman–Crippen LogP) is 5.43. The summed E-state index contributed by atoms with van der Waals surface area (Å²) in [6.45, 7) is 8.72. The highest BCUT2D eigenvalue weighted by Crippen LogP contribution is 2.31. The SMILES string of the molecule is CC[C@H](C(=O)NCC(C)C)N(Cc1cccc(C)c1)C(=O)CCCN(c1cc(Cl)ccc1Cl)S(C)(=O)=O. The zero-order valence-electron chi connectivity index (χ0n) is 22.1. The molecule has 0 saturated heterocycles. The van der Waals surface area contributed by atoms with Crippen molar-refractivity contribution in [2.45, 2.75) is 59.5 Å². The molecule has 0 radical (unpaired) electrons. The summed E-state index contributed by atoms with van der Waals surface area (Å²) in [4.78, 5) is 28.1. The normalized spacial score (nSPS) is 12.3. The van der Waals surface area contributed by atoms with Crippen molar-refractivity contribution < 1.29 is 18.0 Å². The van der Waals surface area contributed by atoms with Crippen LogP contribution >= 0.6 is 23.2 Å². The lowest BCUT2D eigenvalue weighted by Gasteiger charge is -2.31. The van der Waals surface area contributed by atoms with E-state index in [2.05, 4.69) is 5.32 Å². The van der Waals surface area contributed by atoms with Crippen molar-refractivity contribution in [3.63, 3.8) is 0 Å². The molecular formula is C27H37Cl2N3O4S. The average molecular weight is 571 g/mol. The van der Waals surface area contributed by atoms with Crippen LogP contribution in [0, 0.1) is 12.8 Å². The number of rotatable bonds is 13. The number of amides is 2. The van der Waals surface area contributed by atoms with Gasteiger partial charge in [0.2, 0.25) is 21.8 Å². The number of halogens is 2. The van der Waals surface area contributed by atoms with E-state index in [9.17, 15) is 18.0 Å². The first kappa shape index (κ1) is 30.9. The minimum Gasteiger partial charge on any atom is -0.354 e. The van der Waals surface area contributed by atoms with Crippen LogP contribution in [-0.4, -0.2) is 50.5 Å². The van der Waals surface area contributed by atoms with Gasteiger partial charge in [0.1, 0.15) is 6.04 Å². The van der Waals surface area contributed by atoms with Gasteiger partial charge in [-0.25, -0.2) is 8.42 Å². The van der Waals surface area contributed by atoms with Gasteiger partial charge >= 0.3 is 0 Å². The molecule has 0 aromatic heterocycles. The third-order valence-electron chi connectivity index (χ3n) is 5.83. The van der Waals surface area contributed by atoms with E-state index < -0.39 is 16.1 Å². The number of carbonyl (C=O) groups excluding carboxylic acids is 2. The first-order valence-electron chi connectivity index (χ1n) is 12.4. The van der Waals surface area contributed by atoms with Crippen LogP contribution in [0.4, 0.5) is 5.69 Å². The highest BCUT2D eigenvalue weighted by Gasteiger charge is 2.29. The van der Waals surface area contributed by atoms with E-state index in [4.69, 9.17) is 23.2 Å². The maximum Gasteiger partial charge on any atom is 0.242 e. The summed E-state index contributed by atoms with van der Waals surface area (Å²) in [5, 5.41) is 3.54. The van der Waals surface area contributed by atoms with E-state index in [1.807, 2.05) is 52.0 Å². The van der Waals surface area contributed by atoms with Crippen molar-refractivity contribution in [3.05, 3.63) is 63.6 Å². The van der Waals surface area contributed by atoms with E-state index in [-0.39, 0.29) is 54.4 Å². The molecule has 37 heavy (non-hydrogen) atoms. The molecule has 2 amide bonds. The Labute approximate surface area is 231 Å². The summed E-state index contributed by atoms with van der Waals surface area (Å²) in [6.07, 6.45) is 1.84. The lowest BCUT2D eigenvalue weighted by atomic mass is 10.1. The molecule has 0 saturated carbocycles. The molecule has 0 heterocycles. The van der Waals surface area contributed by atoms with Crippen LogP contribution in [0.1, 0.15) is 51.2 Å². The molecule has 0 aliphatic rings. The number of hydrogen-bond acceptors (Lipinski definition) is 4. The van der Waals surface area contributed by atoms with Crippen LogP contribution in [-0.2, 0) is 26.2 Å². The second-order valence-electron chi connectivity index (χ2n) is 9.61. The van der Waals surface area contributed by atoms with E-state index in [1.165, 1.54) is 12.1 Å². The van der Waals surface area contributed by atoms with Gasteiger partial charge in [-0.05, 0) is 49.4 Å². The Morgan fingerprint density at radius 3 is 2.38 bits per heavy atom. The Balaban J connectivity index is 2.24. The van der Waals surface area contributed by atoms with E-state index >= 15 is 0 Å². The molecule has 0 spiro atoms. The summed E-state index contributed by atoms with van der Waals surface area (Å²) in [5.41, 5.74) is 2.25. The maximum atomic E-state index is 13.5. The number of aryl methyl sites for hydroxylation is 1. The van der Waals surface area contributed by atoms with Crippen molar-refractivity contribution in [1.82, 2.24) is 10.2 Å². The minimum absolute atomic E-state index is 0.0409. The fourth-order valence-corrected chi connectivity index (χ4v) is 5.41. The van der Waals surface area contributed by atoms with Crippen LogP contribution < -0.4 is 9.62 Å². The number of anilines is 1. The molecular weight excluding hydrogens is 533 g/mol. The van der Waals surface area contributed by atoms with E-state index in [0.29, 0.717) is 18.0 Å². The van der Waals surface area contributed by atoms with Gasteiger partial charge in [0.25, 0.3) is 0 Å². The molecule has 0 fully saturated rings. The highest BCUT2D eigenvalue weighted by molar-refractivity contribution is 7.92. The molecule has 204 valence electrons. The predicted molar refractivity (Wildman–Crippen MR) is 152 cm³/mol. The van der Waals surface area contributed by atoms with Crippen molar-refractivity contribution in [1.29, 1.82) is 0 Å². The molecule has 2 aromatic carbocycles. The van der Waals surface area contributed by atoms with Crippen LogP contribution in [0.2, 0.25) is 10.0 Å². The molecule has 2 rings (SSSR count). The summed E-state index contributed by atoms with van der Waals surface area (Å²) >= 11 is 12.3. The topological polar surface area (TPSA) is 86.8 Å². The number of sulfonamides is 1. The minimum atomic E-state index is -3.68. The lowest BCUT2D eigenvalue weighted by Crippen LogP contribution is -2.49. The monoisotopic (exact) mass is 569 g/mol. The zero-order valence-corrected chi connectivity index (χ0v) is 24.5. The Morgan fingerprint density at radius 1 is 1.08 bits per heavy atom. The number of hydrogen-bond donors (Lipinski definition) is 1. The van der Waals surface area contributed by atoms with Gasteiger partial charge in [-0.15, -0.1) is 0 Å². The standard InChI is InChI=1S/C27H37Cl2N3O4S/c1-6-24(27(34)30-17-19(2)3)31(18-21-10-7-9-20(4)15-21)26(33)11-8-14-32(37(5,35)36)25-16-22(28)12-13-23(25)29/h7,9-10,12-13,15-16,19,24H,6,8,11,14,17-18H2,1-5H3,(H,30,34)/t24-/m1/s1. The van der Waals surface area contributed by atoms with Crippen LogP contribution in [0.15, 0.2) is 42.5 Å². The Bertz CT molecular complexity index is 1190. The lowest BCUT2D eigenvalue weighted by molar-refractivity contribution is -0.141. The van der Waals surface area contributed by atoms with Gasteiger partial charge in [-0.3, -0.25) is 13.9 Å². The molecule has 0 aliphatic carbocycles. The summed E-state index contributed by atoms with van der Waals surface area (Å²) in [5.74, 6) is -0.137. The van der Waals surface area contributed by atoms with Gasteiger partial charge in [-0.2, -0.15) is 0 Å². The van der Waals surface area contributed by atoms with Crippen LogP contribution in [0.3, 0.4) is 0 Å². The molecule has 1 N–H and O–H groups in total. The molecule has 10 heteroatoms. The molecule has 0 unspecified atom stereocenters.